The van der Waals surface area contributed by atoms with Crippen molar-refractivity contribution in [3.63, 3.8) is 0 Å². The van der Waals surface area contributed by atoms with E-state index in [2.05, 4.69) is 0 Å². The van der Waals surface area contributed by atoms with E-state index in [9.17, 15) is 105 Å². The smallest absolute Gasteiger partial charge is 0.335 e. The highest BCUT2D eigenvalue weighted by atomic mass is 33.1. The topological polar surface area (TPSA) is 426 Å². The minimum Gasteiger partial charge on any atom is -0.335 e. The average Bonchev–Trinajstić information content (AvgIpc) is 2.67. The molecule has 0 aromatic rings. The summed E-state index contributed by atoms with van der Waals surface area (Å²) in [6.07, 6.45) is 0. The summed E-state index contributed by atoms with van der Waals surface area (Å²) in [7, 11) is -38.1. The first-order valence-electron chi connectivity index (χ1n) is 10.6. The quantitative estimate of drug-likeness (QED) is 0.0891. The van der Waals surface area contributed by atoms with Crippen LogP contribution in [-0.4, -0.2) is 112 Å². The number of hydrogen-bond acceptors (Lipinski definition) is 11. The SMILES string of the molecule is CCN(C(P(=O)(O)O)P(=O)(O)O)C(C)(P(=O)(O)O)P(=O)(O)SP(=O)(O)C(C)(N(CC)C(P(=O)(O)O)P(=O)(O)O)P(=O)(O)O. The maximum Gasteiger partial charge on any atom is 0.356 e. The average molecular weight is 812 g/mol. The Balaban J connectivity index is 7.95. The van der Waals surface area contributed by atoms with Gasteiger partial charge in [0.05, 0.1) is 0 Å². The Morgan fingerprint density at radius 2 is 0.674 bits per heavy atom. The molecule has 24 nitrogen and oxygen atoms in total. The van der Waals surface area contributed by atoms with Gasteiger partial charge in [0.15, 0.2) is 0 Å². The Kier molecular flexibility index (Phi) is 13.9. The van der Waals surface area contributed by atoms with Crippen LogP contribution in [0.2, 0.25) is 0 Å². The van der Waals surface area contributed by atoms with Gasteiger partial charge in [0, 0.05) is 11.0 Å². The zero-order chi connectivity index (χ0) is 35.4. The second-order valence-corrected chi connectivity index (χ2v) is 29.8. The second-order valence-electron chi connectivity index (χ2n) is 8.77. The van der Waals surface area contributed by atoms with Crippen molar-refractivity contribution in [1.29, 1.82) is 0 Å². The highest BCUT2D eigenvalue weighted by molar-refractivity contribution is 8.87. The lowest BCUT2D eigenvalue weighted by Crippen LogP contribution is -2.51. The van der Waals surface area contributed by atoms with E-state index in [1.54, 1.807) is 0 Å². The summed E-state index contributed by atoms with van der Waals surface area (Å²) >= 11 is -1.52. The van der Waals surface area contributed by atoms with Gasteiger partial charge in [-0.05, 0) is 26.9 Å². The van der Waals surface area contributed by atoms with E-state index in [1.807, 2.05) is 0 Å². The van der Waals surface area contributed by atoms with E-state index < -0.39 is 114 Å². The van der Waals surface area contributed by atoms with Gasteiger partial charge in [-0.1, -0.05) is 13.8 Å². The van der Waals surface area contributed by atoms with E-state index in [0.29, 0.717) is 13.8 Å². The van der Waals surface area contributed by atoms with Crippen LogP contribution >= 0.6 is 69.7 Å². The zero-order valence-electron chi connectivity index (χ0n) is 22.0. The molecule has 4 atom stereocenters. The summed E-state index contributed by atoms with van der Waals surface area (Å²) in [5, 5.41) is -8.38. The molecule has 14 N–H and O–H groups in total. The molecule has 0 saturated heterocycles. The van der Waals surface area contributed by atoms with Gasteiger partial charge < -0.3 is 68.5 Å². The molecule has 0 aliphatic rings. The molecule has 33 heteroatoms. The largest absolute Gasteiger partial charge is 0.356 e. The first-order valence-corrected chi connectivity index (χ1v) is 25.9. The Labute approximate surface area is 246 Å². The lowest BCUT2D eigenvalue weighted by molar-refractivity contribution is 0.172. The molecule has 0 spiro atoms. The molecule has 0 fully saturated rings. The highest BCUT2D eigenvalue weighted by Gasteiger charge is 2.72. The molecule has 4 unspecified atom stereocenters. The molecule has 0 saturated carbocycles. The number of rotatable bonds is 16. The van der Waals surface area contributed by atoms with E-state index in [0.717, 1.165) is 0 Å². The Morgan fingerprint density at radius 3 is 0.791 bits per heavy atom. The van der Waals surface area contributed by atoms with Crippen LogP contribution in [0.3, 0.4) is 0 Å². The van der Waals surface area contributed by atoms with Gasteiger partial charge in [-0.25, -0.2) is 0 Å². The lowest BCUT2D eigenvalue weighted by atomic mass is 10.5. The molecule has 0 radical (unpaired) electrons. The first-order chi connectivity index (χ1) is 18.3. The third-order valence-electron chi connectivity index (χ3n) is 5.93. The Bertz CT molecular complexity index is 1280. The van der Waals surface area contributed by atoms with Crippen LogP contribution in [0.5, 0.6) is 0 Å². The van der Waals surface area contributed by atoms with Crippen LogP contribution in [-0.2, 0) is 36.5 Å². The minimum atomic E-state index is -6.63. The predicted octanol–water partition coefficient (Wildman–Crippen LogP) is -0.285. The van der Waals surface area contributed by atoms with Gasteiger partial charge in [0.25, 0.3) is 13.1 Å². The van der Waals surface area contributed by atoms with E-state index in [-0.39, 0.29) is 13.8 Å². The molecule has 0 aromatic carbocycles. The Morgan fingerprint density at radius 1 is 0.488 bits per heavy atom. The van der Waals surface area contributed by atoms with Crippen molar-refractivity contribution in [2.45, 2.75) is 48.8 Å². The third-order valence-corrected chi connectivity index (χ3v) is 30.3. The van der Waals surface area contributed by atoms with Crippen molar-refractivity contribution in [3.8, 4) is 0 Å². The molecular formula is C10H32N2O22P8S. The van der Waals surface area contributed by atoms with Crippen molar-refractivity contribution in [2.75, 3.05) is 13.1 Å². The number of hydrogen-bond donors (Lipinski definition) is 14. The first kappa shape index (κ1) is 44.5. The van der Waals surface area contributed by atoms with Crippen LogP contribution in [0, 0.1) is 0 Å². The fraction of sp³-hybridized carbons (Fsp3) is 1.00. The molecule has 0 heterocycles. The molecule has 260 valence electrons. The summed E-state index contributed by atoms with van der Waals surface area (Å²) in [5.74, 6) is 0. The van der Waals surface area contributed by atoms with Crippen LogP contribution in [0.25, 0.3) is 0 Å². The fourth-order valence-electron chi connectivity index (χ4n) is 3.77. The van der Waals surface area contributed by atoms with Gasteiger partial charge in [-0.3, -0.25) is 46.3 Å². The zero-order valence-corrected chi connectivity index (χ0v) is 29.9. The number of nitrogens with zero attached hydrogens (tertiary/aromatic N) is 2. The van der Waals surface area contributed by atoms with E-state index >= 15 is 0 Å². The summed E-state index contributed by atoms with van der Waals surface area (Å²) < 4.78 is 101. The molecule has 0 aliphatic carbocycles. The van der Waals surface area contributed by atoms with Crippen LogP contribution in [0.1, 0.15) is 27.7 Å². The maximum atomic E-state index is 13.7. The van der Waals surface area contributed by atoms with Crippen LogP contribution in [0.4, 0.5) is 0 Å². The van der Waals surface area contributed by atoms with Crippen molar-refractivity contribution in [2.24, 2.45) is 0 Å². The standard InChI is InChI=1S/C10H32N2O22P8S/c1-5-11(7(35(13,14)15)36(16,17)18)9(3,39(25,26)27)41(31,32)43-42(33,34)10(4,40(28,29)30)12(6-2)8(37(19,20)21)38(22,23)24/h7-8H,5-6H2,1-4H3,(H,31,32)(H,33,34)(H2,13,14,15)(H2,16,17,18)(H2,19,20,21)(H2,22,23,24)(H2,25,26,27)(H2,28,29,30). The molecule has 0 bridgehead atoms. The van der Waals surface area contributed by atoms with Gasteiger partial charge >= 0.3 is 45.6 Å². The second kappa shape index (κ2) is 13.5. The lowest BCUT2D eigenvalue weighted by Gasteiger charge is -2.48. The molecule has 0 rings (SSSR count). The molecule has 0 aromatic heterocycles. The molecule has 43 heavy (non-hydrogen) atoms. The monoisotopic (exact) mass is 812 g/mol. The van der Waals surface area contributed by atoms with Crippen LogP contribution in [0.15, 0.2) is 0 Å². The van der Waals surface area contributed by atoms with Crippen molar-refractivity contribution in [3.05, 3.63) is 0 Å². The normalized spacial score (nSPS) is 20.6. The van der Waals surface area contributed by atoms with E-state index in [1.165, 1.54) is 0 Å². The summed E-state index contributed by atoms with van der Waals surface area (Å²) in [6, 6.07) is 0. The fourth-order valence-corrected chi connectivity index (χ4v) is 28.1. The van der Waals surface area contributed by atoms with Gasteiger partial charge in [-0.2, -0.15) is 0 Å². The molecular weight excluding hydrogens is 780 g/mol. The van der Waals surface area contributed by atoms with Crippen molar-refractivity contribution < 1.29 is 105 Å². The van der Waals surface area contributed by atoms with Gasteiger partial charge in [-0.15, -0.1) is 0 Å². The summed E-state index contributed by atoms with van der Waals surface area (Å²) in [4.78, 5) is 138. The third kappa shape index (κ3) is 8.97. The van der Waals surface area contributed by atoms with Gasteiger partial charge in [0.1, 0.15) is 0 Å². The molecule has 0 aliphatic heterocycles. The van der Waals surface area contributed by atoms with Gasteiger partial charge in [0.2, 0.25) is 21.1 Å². The van der Waals surface area contributed by atoms with Crippen LogP contribution < -0.4 is 0 Å². The Hall–Kier alpha value is 1.55. The summed E-state index contributed by atoms with van der Waals surface area (Å²) in [5.41, 5.74) is -7.20. The van der Waals surface area contributed by atoms with E-state index in [4.69, 9.17) is 0 Å². The van der Waals surface area contributed by atoms with Crippen molar-refractivity contribution in [1.82, 2.24) is 9.80 Å². The summed E-state index contributed by atoms with van der Waals surface area (Å²) in [6.45, 7) is -14.5. The molecule has 0 amide bonds. The highest BCUT2D eigenvalue weighted by Crippen LogP contribution is 2.92. The van der Waals surface area contributed by atoms with Crippen molar-refractivity contribution >= 4 is 69.7 Å². The maximum absolute atomic E-state index is 13.7. The minimum absolute atomic E-state index is 0.0378. The predicted molar refractivity (Wildman–Crippen MR) is 149 cm³/mol.